The van der Waals surface area contributed by atoms with E-state index < -0.39 is 0 Å². The largest absolute Gasteiger partial charge is 0.363 e. The standard InChI is InChI=1S/C16H23N5/c1-5-13(15-10(2)20-21(4)11(15)3)18-14-8-9-17-16(19-14)12-6-7-12/h8-9,12-13H,5-7H2,1-4H3,(H,17,18,19). The molecule has 1 aliphatic rings. The molecule has 1 unspecified atom stereocenters. The van der Waals surface area contributed by atoms with Crippen LogP contribution in [0.25, 0.3) is 0 Å². The molecule has 1 N–H and O–H groups in total. The average molecular weight is 285 g/mol. The molecule has 0 amide bonds. The number of hydrogen-bond acceptors (Lipinski definition) is 4. The van der Waals surface area contributed by atoms with Crippen molar-refractivity contribution in [1.29, 1.82) is 0 Å². The van der Waals surface area contributed by atoms with Gasteiger partial charge in [-0.1, -0.05) is 6.92 Å². The van der Waals surface area contributed by atoms with Gasteiger partial charge in [-0.25, -0.2) is 9.97 Å². The first-order valence-corrected chi connectivity index (χ1v) is 7.69. The molecule has 2 heterocycles. The summed E-state index contributed by atoms with van der Waals surface area (Å²) in [6.45, 7) is 6.38. The molecule has 1 atom stereocenters. The van der Waals surface area contributed by atoms with Gasteiger partial charge in [0.1, 0.15) is 11.6 Å². The second kappa shape index (κ2) is 5.47. The third-order valence-electron chi connectivity index (χ3n) is 4.26. The Bertz CT molecular complexity index is 642. The Kier molecular flexibility index (Phi) is 3.66. The van der Waals surface area contributed by atoms with Gasteiger partial charge in [0.2, 0.25) is 0 Å². The summed E-state index contributed by atoms with van der Waals surface area (Å²) in [6, 6.07) is 2.19. The number of hydrogen-bond donors (Lipinski definition) is 1. The van der Waals surface area contributed by atoms with Gasteiger partial charge in [-0.3, -0.25) is 4.68 Å². The molecule has 1 saturated carbocycles. The monoisotopic (exact) mass is 285 g/mol. The Labute approximate surface area is 125 Å². The van der Waals surface area contributed by atoms with E-state index in [1.54, 1.807) is 0 Å². The Morgan fingerprint density at radius 3 is 2.71 bits per heavy atom. The van der Waals surface area contributed by atoms with Gasteiger partial charge >= 0.3 is 0 Å². The van der Waals surface area contributed by atoms with E-state index in [1.807, 2.05) is 24.0 Å². The van der Waals surface area contributed by atoms with Gasteiger partial charge in [0.25, 0.3) is 0 Å². The van der Waals surface area contributed by atoms with Crippen LogP contribution < -0.4 is 5.32 Å². The fourth-order valence-corrected chi connectivity index (χ4v) is 2.84. The minimum atomic E-state index is 0.237. The molecule has 2 aromatic heterocycles. The van der Waals surface area contributed by atoms with Crippen LogP contribution >= 0.6 is 0 Å². The third kappa shape index (κ3) is 2.77. The lowest BCUT2D eigenvalue weighted by Gasteiger charge is -2.18. The first-order valence-electron chi connectivity index (χ1n) is 7.69. The number of aromatic nitrogens is 4. The first-order chi connectivity index (χ1) is 10.1. The predicted molar refractivity (Wildman–Crippen MR) is 83.3 cm³/mol. The molecule has 3 rings (SSSR count). The molecule has 5 nitrogen and oxygen atoms in total. The van der Waals surface area contributed by atoms with Gasteiger partial charge in [-0.15, -0.1) is 0 Å². The fraction of sp³-hybridized carbons (Fsp3) is 0.562. The molecular formula is C16H23N5. The highest BCUT2D eigenvalue weighted by molar-refractivity contribution is 5.40. The van der Waals surface area contributed by atoms with Crippen molar-refractivity contribution in [2.75, 3.05) is 5.32 Å². The van der Waals surface area contributed by atoms with Crippen LogP contribution in [0.2, 0.25) is 0 Å². The lowest BCUT2D eigenvalue weighted by Crippen LogP contribution is -2.13. The summed E-state index contributed by atoms with van der Waals surface area (Å²) in [5, 5.41) is 8.08. The van der Waals surface area contributed by atoms with Crippen molar-refractivity contribution in [3.8, 4) is 0 Å². The minimum absolute atomic E-state index is 0.237. The topological polar surface area (TPSA) is 55.6 Å². The number of anilines is 1. The Morgan fingerprint density at radius 2 is 2.14 bits per heavy atom. The molecule has 0 bridgehead atoms. The second-order valence-corrected chi connectivity index (χ2v) is 5.89. The smallest absolute Gasteiger partial charge is 0.133 e. The molecule has 0 aromatic carbocycles. The highest BCUT2D eigenvalue weighted by Gasteiger charge is 2.27. The maximum Gasteiger partial charge on any atom is 0.133 e. The van der Waals surface area contributed by atoms with Crippen molar-refractivity contribution in [3.05, 3.63) is 35.0 Å². The van der Waals surface area contributed by atoms with Crippen LogP contribution in [0.3, 0.4) is 0 Å². The van der Waals surface area contributed by atoms with Crippen molar-refractivity contribution < 1.29 is 0 Å². The van der Waals surface area contributed by atoms with Crippen LogP contribution in [0.1, 0.15) is 60.9 Å². The SMILES string of the molecule is CCC(Nc1ccnc(C2CC2)n1)c1c(C)nn(C)c1C. The van der Waals surface area contributed by atoms with Gasteiger partial charge in [0.05, 0.1) is 11.7 Å². The molecule has 1 aliphatic carbocycles. The Morgan fingerprint density at radius 1 is 1.38 bits per heavy atom. The molecule has 21 heavy (non-hydrogen) atoms. The minimum Gasteiger partial charge on any atom is -0.363 e. The van der Waals surface area contributed by atoms with E-state index >= 15 is 0 Å². The molecule has 5 heteroatoms. The van der Waals surface area contributed by atoms with Gasteiger partial charge in [-0.2, -0.15) is 5.10 Å². The zero-order chi connectivity index (χ0) is 15.0. The summed E-state index contributed by atoms with van der Waals surface area (Å²) >= 11 is 0. The van der Waals surface area contributed by atoms with Crippen molar-refractivity contribution >= 4 is 5.82 Å². The summed E-state index contributed by atoms with van der Waals surface area (Å²) in [7, 11) is 1.99. The number of rotatable bonds is 5. The van der Waals surface area contributed by atoms with Crippen LogP contribution in [0.4, 0.5) is 5.82 Å². The molecule has 0 saturated heterocycles. The first kappa shape index (κ1) is 14.0. The zero-order valence-corrected chi connectivity index (χ0v) is 13.2. The molecule has 1 fully saturated rings. The van der Waals surface area contributed by atoms with Crippen LogP contribution in [-0.2, 0) is 7.05 Å². The van der Waals surface area contributed by atoms with Crippen LogP contribution in [-0.4, -0.2) is 19.7 Å². The number of aryl methyl sites for hydroxylation is 2. The maximum absolute atomic E-state index is 4.66. The van der Waals surface area contributed by atoms with Crippen molar-refractivity contribution in [3.63, 3.8) is 0 Å². The maximum atomic E-state index is 4.66. The summed E-state index contributed by atoms with van der Waals surface area (Å²) < 4.78 is 1.95. The van der Waals surface area contributed by atoms with Crippen molar-refractivity contribution in [1.82, 2.24) is 19.7 Å². The molecule has 0 radical (unpaired) electrons. The average Bonchev–Trinajstić information content (AvgIpc) is 3.27. The van der Waals surface area contributed by atoms with Gasteiger partial charge < -0.3 is 5.32 Å². The summed E-state index contributed by atoms with van der Waals surface area (Å²) in [4.78, 5) is 9.04. The number of nitrogens with zero attached hydrogens (tertiary/aromatic N) is 4. The second-order valence-electron chi connectivity index (χ2n) is 5.89. The lowest BCUT2D eigenvalue weighted by atomic mass is 10.0. The van der Waals surface area contributed by atoms with E-state index in [4.69, 9.17) is 0 Å². The van der Waals surface area contributed by atoms with E-state index in [9.17, 15) is 0 Å². The Hall–Kier alpha value is -1.91. The highest BCUT2D eigenvalue weighted by atomic mass is 15.3. The molecule has 112 valence electrons. The third-order valence-corrected chi connectivity index (χ3v) is 4.26. The van der Waals surface area contributed by atoms with Crippen LogP contribution in [0.15, 0.2) is 12.3 Å². The fourth-order valence-electron chi connectivity index (χ4n) is 2.84. The molecule has 0 aliphatic heterocycles. The Balaban J connectivity index is 1.85. The lowest BCUT2D eigenvalue weighted by molar-refractivity contribution is 0.713. The van der Waals surface area contributed by atoms with Crippen molar-refractivity contribution in [2.24, 2.45) is 7.05 Å². The quantitative estimate of drug-likeness (QED) is 0.916. The van der Waals surface area contributed by atoms with E-state index in [-0.39, 0.29) is 6.04 Å². The van der Waals surface area contributed by atoms with Crippen LogP contribution in [0, 0.1) is 13.8 Å². The van der Waals surface area contributed by atoms with Gasteiger partial charge in [0, 0.05) is 30.4 Å². The van der Waals surface area contributed by atoms with Gasteiger partial charge in [-0.05, 0) is 39.2 Å². The predicted octanol–water partition coefficient (Wildman–Crippen LogP) is 3.27. The summed E-state index contributed by atoms with van der Waals surface area (Å²) in [5.41, 5.74) is 3.58. The molecular weight excluding hydrogens is 262 g/mol. The van der Waals surface area contributed by atoms with E-state index in [2.05, 4.69) is 41.2 Å². The summed E-state index contributed by atoms with van der Waals surface area (Å²) in [5.74, 6) is 2.48. The van der Waals surface area contributed by atoms with Crippen LogP contribution in [0.5, 0.6) is 0 Å². The molecule has 0 spiro atoms. The van der Waals surface area contributed by atoms with E-state index in [1.165, 1.54) is 24.1 Å². The van der Waals surface area contributed by atoms with Gasteiger partial charge in [0.15, 0.2) is 0 Å². The van der Waals surface area contributed by atoms with E-state index in [0.717, 1.165) is 23.8 Å². The highest BCUT2D eigenvalue weighted by Crippen LogP contribution is 2.38. The normalized spacial score (nSPS) is 16.0. The summed E-state index contributed by atoms with van der Waals surface area (Å²) in [6.07, 6.45) is 5.30. The molecule has 2 aromatic rings. The number of nitrogens with one attached hydrogen (secondary N) is 1. The zero-order valence-electron chi connectivity index (χ0n) is 13.2. The van der Waals surface area contributed by atoms with Crippen molar-refractivity contribution in [2.45, 2.75) is 52.0 Å². The van der Waals surface area contributed by atoms with E-state index in [0.29, 0.717) is 5.92 Å².